The van der Waals surface area contributed by atoms with Gasteiger partial charge < -0.3 is 22.1 Å². The van der Waals surface area contributed by atoms with Gasteiger partial charge in [0.05, 0.1) is 16.8 Å². The third-order valence-electron chi connectivity index (χ3n) is 3.04. The molecule has 0 aliphatic rings. The Bertz CT molecular complexity index is 512. The molecule has 2 amide bonds. The third kappa shape index (κ3) is 3.88. The maximum Gasteiger partial charge on any atom is 0.251 e. The average molecular weight is 278 g/mol. The Labute approximate surface area is 118 Å². The lowest BCUT2D eigenvalue weighted by atomic mass is 9.92. The molecule has 0 fully saturated rings. The van der Waals surface area contributed by atoms with Crippen molar-refractivity contribution >= 4 is 23.2 Å². The number of carbonyl (C=O) groups is 2. The van der Waals surface area contributed by atoms with Crippen molar-refractivity contribution in [1.82, 2.24) is 5.32 Å². The number of anilines is 2. The van der Waals surface area contributed by atoms with E-state index >= 15 is 0 Å². The van der Waals surface area contributed by atoms with Crippen LogP contribution in [0.4, 0.5) is 11.4 Å². The number of carbonyl (C=O) groups excluding carboxylic acids is 2. The van der Waals surface area contributed by atoms with E-state index in [2.05, 4.69) is 10.6 Å². The van der Waals surface area contributed by atoms with Gasteiger partial charge in [0, 0.05) is 18.7 Å². The standard InChI is InChI=1S/C14H22N4O2/c1-4-17-12(19)9-5-6-10(15)11(7-9)18-8-14(2,3)13(16)20/h5-7,18H,4,8,15H2,1-3H3,(H2,16,20)(H,17,19). The lowest BCUT2D eigenvalue weighted by Gasteiger charge is -2.22. The normalized spacial score (nSPS) is 10.9. The van der Waals surface area contributed by atoms with E-state index in [0.717, 1.165) is 0 Å². The lowest BCUT2D eigenvalue weighted by Crippen LogP contribution is -2.37. The quantitative estimate of drug-likeness (QED) is 0.580. The molecular formula is C14H22N4O2. The Balaban J connectivity index is 2.87. The molecule has 6 nitrogen and oxygen atoms in total. The molecule has 1 rings (SSSR count). The van der Waals surface area contributed by atoms with Crippen LogP contribution in [0.5, 0.6) is 0 Å². The van der Waals surface area contributed by atoms with Crippen molar-refractivity contribution in [3.8, 4) is 0 Å². The van der Waals surface area contributed by atoms with Gasteiger partial charge >= 0.3 is 0 Å². The molecular weight excluding hydrogens is 256 g/mol. The zero-order valence-electron chi connectivity index (χ0n) is 12.1. The Kier molecular flexibility index (Phi) is 4.96. The molecule has 20 heavy (non-hydrogen) atoms. The van der Waals surface area contributed by atoms with Gasteiger partial charge in [0.25, 0.3) is 5.91 Å². The highest BCUT2D eigenvalue weighted by molar-refractivity contribution is 5.96. The molecule has 110 valence electrons. The van der Waals surface area contributed by atoms with Gasteiger partial charge in [-0.15, -0.1) is 0 Å². The predicted molar refractivity (Wildman–Crippen MR) is 80.3 cm³/mol. The van der Waals surface area contributed by atoms with Crippen LogP contribution >= 0.6 is 0 Å². The van der Waals surface area contributed by atoms with Gasteiger partial charge in [-0.25, -0.2) is 0 Å². The first-order chi connectivity index (χ1) is 9.27. The number of primary amides is 1. The number of amides is 2. The van der Waals surface area contributed by atoms with Crippen LogP contribution in [-0.2, 0) is 4.79 Å². The van der Waals surface area contributed by atoms with Gasteiger partial charge in [0.2, 0.25) is 5.91 Å². The van der Waals surface area contributed by atoms with E-state index < -0.39 is 11.3 Å². The number of benzene rings is 1. The van der Waals surface area contributed by atoms with Crippen LogP contribution in [0, 0.1) is 5.41 Å². The Hall–Kier alpha value is -2.24. The highest BCUT2D eigenvalue weighted by Crippen LogP contribution is 2.23. The monoisotopic (exact) mass is 278 g/mol. The van der Waals surface area contributed by atoms with Gasteiger partial charge in [-0.05, 0) is 39.0 Å². The summed E-state index contributed by atoms with van der Waals surface area (Å²) in [6.45, 7) is 6.23. The molecule has 0 aromatic heterocycles. The van der Waals surface area contributed by atoms with Crippen LogP contribution in [0.1, 0.15) is 31.1 Å². The smallest absolute Gasteiger partial charge is 0.251 e. The number of hydrogen-bond acceptors (Lipinski definition) is 4. The summed E-state index contributed by atoms with van der Waals surface area (Å²) in [5, 5.41) is 5.78. The van der Waals surface area contributed by atoms with E-state index in [0.29, 0.717) is 30.0 Å². The van der Waals surface area contributed by atoms with Crippen LogP contribution in [0.15, 0.2) is 18.2 Å². The van der Waals surface area contributed by atoms with Crippen molar-refractivity contribution in [1.29, 1.82) is 0 Å². The van der Waals surface area contributed by atoms with E-state index in [1.54, 1.807) is 32.0 Å². The lowest BCUT2D eigenvalue weighted by molar-refractivity contribution is -0.125. The van der Waals surface area contributed by atoms with E-state index in [4.69, 9.17) is 11.5 Å². The minimum atomic E-state index is -0.700. The van der Waals surface area contributed by atoms with E-state index in [-0.39, 0.29) is 5.91 Å². The summed E-state index contributed by atoms with van der Waals surface area (Å²) in [6, 6.07) is 4.98. The van der Waals surface area contributed by atoms with Crippen LogP contribution in [0.3, 0.4) is 0 Å². The minimum absolute atomic E-state index is 0.162. The second kappa shape index (κ2) is 6.27. The highest BCUT2D eigenvalue weighted by Gasteiger charge is 2.24. The van der Waals surface area contributed by atoms with Crippen molar-refractivity contribution in [2.45, 2.75) is 20.8 Å². The van der Waals surface area contributed by atoms with E-state index in [9.17, 15) is 9.59 Å². The molecule has 6 N–H and O–H groups in total. The number of nitrogens with one attached hydrogen (secondary N) is 2. The summed E-state index contributed by atoms with van der Waals surface area (Å²) in [5.41, 5.74) is 12.1. The zero-order chi connectivity index (χ0) is 15.3. The van der Waals surface area contributed by atoms with Gasteiger partial charge in [0.1, 0.15) is 0 Å². The maximum atomic E-state index is 11.8. The van der Waals surface area contributed by atoms with E-state index in [1.807, 2.05) is 6.92 Å². The SMILES string of the molecule is CCNC(=O)c1ccc(N)c(NCC(C)(C)C(N)=O)c1. The van der Waals surface area contributed by atoms with Crippen molar-refractivity contribution < 1.29 is 9.59 Å². The molecule has 0 unspecified atom stereocenters. The molecule has 1 aromatic rings. The Morgan fingerprint density at radius 2 is 1.95 bits per heavy atom. The molecule has 0 atom stereocenters. The van der Waals surface area contributed by atoms with Gasteiger partial charge in [-0.3, -0.25) is 9.59 Å². The van der Waals surface area contributed by atoms with Crippen molar-refractivity contribution in [2.75, 3.05) is 24.1 Å². The summed E-state index contributed by atoms with van der Waals surface area (Å²) in [5.74, 6) is -0.562. The fourth-order valence-corrected chi connectivity index (χ4v) is 1.52. The summed E-state index contributed by atoms with van der Waals surface area (Å²) in [7, 11) is 0. The molecule has 0 heterocycles. The molecule has 0 spiro atoms. The zero-order valence-corrected chi connectivity index (χ0v) is 12.1. The molecule has 0 saturated heterocycles. The number of nitrogens with two attached hydrogens (primary N) is 2. The molecule has 1 aromatic carbocycles. The van der Waals surface area contributed by atoms with Crippen molar-refractivity contribution in [2.24, 2.45) is 11.1 Å². The highest BCUT2D eigenvalue weighted by atomic mass is 16.2. The first-order valence-electron chi connectivity index (χ1n) is 6.49. The van der Waals surface area contributed by atoms with E-state index in [1.165, 1.54) is 0 Å². The van der Waals surface area contributed by atoms with Crippen LogP contribution < -0.4 is 22.1 Å². The summed E-state index contributed by atoms with van der Waals surface area (Å²) >= 11 is 0. The largest absolute Gasteiger partial charge is 0.397 e. The van der Waals surface area contributed by atoms with Crippen molar-refractivity contribution in [3.05, 3.63) is 23.8 Å². The molecule has 0 aliphatic carbocycles. The van der Waals surface area contributed by atoms with Crippen LogP contribution in [0.25, 0.3) is 0 Å². The number of hydrogen-bond donors (Lipinski definition) is 4. The minimum Gasteiger partial charge on any atom is -0.397 e. The molecule has 0 radical (unpaired) electrons. The van der Waals surface area contributed by atoms with Crippen LogP contribution in [0.2, 0.25) is 0 Å². The molecule has 0 bridgehead atoms. The molecule has 0 aliphatic heterocycles. The maximum absolute atomic E-state index is 11.8. The fourth-order valence-electron chi connectivity index (χ4n) is 1.52. The second-order valence-electron chi connectivity index (χ2n) is 5.26. The summed E-state index contributed by atoms with van der Waals surface area (Å²) < 4.78 is 0. The summed E-state index contributed by atoms with van der Waals surface area (Å²) in [6.07, 6.45) is 0. The molecule has 6 heteroatoms. The topological polar surface area (TPSA) is 110 Å². The molecule has 0 saturated carbocycles. The third-order valence-corrected chi connectivity index (χ3v) is 3.04. The fraction of sp³-hybridized carbons (Fsp3) is 0.429. The predicted octanol–water partition coefficient (Wildman–Crippen LogP) is 0.942. The number of rotatable bonds is 6. The van der Waals surface area contributed by atoms with Gasteiger partial charge in [-0.2, -0.15) is 0 Å². The second-order valence-corrected chi connectivity index (χ2v) is 5.26. The number of nitrogen functional groups attached to an aromatic ring is 1. The first kappa shape index (κ1) is 15.8. The average Bonchev–Trinajstić information content (AvgIpc) is 2.37. The first-order valence-corrected chi connectivity index (χ1v) is 6.49. The van der Waals surface area contributed by atoms with Gasteiger partial charge in [-0.1, -0.05) is 0 Å². The summed E-state index contributed by atoms with van der Waals surface area (Å²) in [4.78, 5) is 23.0. The Morgan fingerprint density at radius 1 is 1.30 bits per heavy atom. The van der Waals surface area contributed by atoms with Crippen LogP contribution in [-0.4, -0.2) is 24.9 Å². The van der Waals surface area contributed by atoms with Gasteiger partial charge in [0.15, 0.2) is 0 Å². The van der Waals surface area contributed by atoms with Crippen molar-refractivity contribution in [3.63, 3.8) is 0 Å². The Morgan fingerprint density at radius 3 is 2.50 bits per heavy atom.